The highest BCUT2D eigenvalue weighted by Crippen LogP contribution is 2.34. The highest BCUT2D eigenvalue weighted by atomic mass is 35.6. The molecule has 5 nitrogen and oxygen atoms in total. The quantitative estimate of drug-likeness (QED) is 0.228. The normalized spacial score (nSPS) is 12.6. The van der Waals surface area contributed by atoms with Crippen molar-refractivity contribution >= 4 is 46.6 Å². The zero-order valence-electron chi connectivity index (χ0n) is 10.4. The molecule has 0 radical (unpaired) electrons. The van der Waals surface area contributed by atoms with Crippen LogP contribution in [0.25, 0.3) is 0 Å². The Bertz CT molecular complexity index is 539. The van der Waals surface area contributed by atoms with Crippen LogP contribution in [0.3, 0.4) is 0 Å². The number of ketones is 1. The lowest BCUT2D eigenvalue weighted by Crippen LogP contribution is -2.27. The van der Waals surface area contributed by atoms with Crippen molar-refractivity contribution in [2.75, 3.05) is 6.61 Å². The van der Waals surface area contributed by atoms with Gasteiger partial charge >= 0.3 is 5.97 Å². The third kappa shape index (κ3) is 4.10. The Morgan fingerprint density at radius 1 is 1.30 bits per heavy atom. The zero-order chi connectivity index (χ0) is 15.3. The number of carbonyl (C=O) groups is 2. The van der Waals surface area contributed by atoms with Crippen molar-refractivity contribution in [2.24, 2.45) is 5.73 Å². The lowest BCUT2D eigenvalue weighted by molar-refractivity contribution is -0.138. The second-order valence-corrected chi connectivity index (χ2v) is 5.85. The van der Waals surface area contributed by atoms with E-state index in [0.29, 0.717) is 0 Å². The van der Waals surface area contributed by atoms with E-state index in [1.807, 2.05) is 0 Å². The van der Waals surface area contributed by atoms with Crippen molar-refractivity contribution < 1.29 is 14.3 Å². The number of hydrogen-bond acceptors (Lipinski definition) is 5. The van der Waals surface area contributed by atoms with E-state index in [0.717, 1.165) is 0 Å². The fourth-order valence-electron chi connectivity index (χ4n) is 1.32. The van der Waals surface area contributed by atoms with Crippen LogP contribution in [0.5, 0.6) is 0 Å². The van der Waals surface area contributed by atoms with E-state index in [-0.39, 0.29) is 12.2 Å². The maximum atomic E-state index is 12.3. The molecule has 0 spiro atoms. The van der Waals surface area contributed by atoms with Crippen LogP contribution in [0.15, 0.2) is 35.8 Å². The first-order valence-corrected chi connectivity index (χ1v) is 6.61. The van der Waals surface area contributed by atoms with Gasteiger partial charge in [0.1, 0.15) is 5.57 Å². The predicted octanol–water partition coefficient (Wildman–Crippen LogP) is 2.41. The smallest absolute Gasteiger partial charge is 0.344 e. The van der Waals surface area contributed by atoms with Gasteiger partial charge in [0.15, 0.2) is 0 Å². The van der Waals surface area contributed by atoms with Crippen LogP contribution >= 0.6 is 34.8 Å². The van der Waals surface area contributed by atoms with Crippen molar-refractivity contribution in [3.8, 4) is 0 Å². The molecular formula is C12H11Cl3N2O3. The van der Waals surface area contributed by atoms with Gasteiger partial charge in [-0.15, -0.1) is 0 Å². The Labute approximate surface area is 130 Å². The van der Waals surface area contributed by atoms with Crippen molar-refractivity contribution in [1.82, 2.24) is 4.98 Å². The first-order chi connectivity index (χ1) is 9.29. The molecule has 0 saturated carbocycles. The Kier molecular flexibility index (Phi) is 5.80. The van der Waals surface area contributed by atoms with Crippen LogP contribution in [-0.4, -0.2) is 27.1 Å². The number of hydrogen-bond donors (Lipinski definition) is 1. The Hall–Kier alpha value is -1.30. The summed E-state index contributed by atoms with van der Waals surface area (Å²) >= 11 is 16.9. The maximum Gasteiger partial charge on any atom is 0.344 e. The minimum atomic E-state index is -2.09. The molecule has 2 N–H and O–H groups in total. The van der Waals surface area contributed by atoms with E-state index < -0.39 is 26.8 Å². The monoisotopic (exact) mass is 336 g/mol. The summed E-state index contributed by atoms with van der Waals surface area (Å²) in [6.45, 7) is 1.64. The lowest BCUT2D eigenvalue weighted by atomic mass is 10.0. The SMILES string of the molecule is CCOC(=O)/C(C(=O)c1ccncc1)=C(\N)C(Cl)(Cl)Cl. The van der Waals surface area contributed by atoms with Crippen LogP contribution < -0.4 is 5.73 Å². The summed E-state index contributed by atoms with van der Waals surface area (Å²) in [5.74, 6) is -1.65. The lowest BCUT2D eigenvalue weighted by Gasteiger charge is -2.16. The minimum absolute atomic E-state index is 0.0547. The number of alkyl halides is 3. The Morgan fingerprint density at radius 2 is 1.85 bits per heavy atom. The number of aromatic nitrogens is 1. The molecule has 108 valence electrons. The highest BCUT2D eigenvalue weighted by Gasteiger charge is 2.34. The number of rotatable bonds is 4. The summed E-state index contributed by atoms with van der Waals surface area (Å²) in [4.78, 5) is 27.9. The zero-order valence-corrected chi connectivity index (χ0v) is 12.7. The number of halogens is 3. The van der Waals surface area contributed by atoms with Crippen LogP contribution in [0.1, 0.15) is 17.3 Å². The largest absolute Gasteiger partial charge is 0.462 e. The second kappa shape index (κ2) is 6.92. The average Bonchev–Trinajstić information content (AvgIpc) is 2.39. The molecular weight excluding hydrogens is 327 g/mol. The van der Waals surface area contributed by atoms with E-state index in [1.165, 1.54) is 24.5 Å². The van der Waals surface area contributed by atoms with Crippen LogP contribution in [0, 0.1) is 0 Å². The molecule has 0 aliphatic carbocycles. The number of nitrogens with two attached hydrogens (primary N) is 1. The van der Waals surface area contributed by atoms with Gasteiger partial charge in [-0.05, 0) is 19.1 Å². The molecule has 0 aliphatic rings. The average molecular weight is 338 g/mol. The molecule has 1 heterocycles. The minimum Gasteiger partial charge on any atom is -0.462 e. The van der Waals surface area contributed by atoms with Crippen LogP contribution in [0.4, 0.5) is 0 Å². The van der Waals surface area contributed by atoms with E-state index in [2.05, 4.69) is 4.98 Å². The van der Waals surface area contributed by atoms with Gasteiger partial charge in [0.2, 0.25) is 9.58 Å². The van der Waals surface area contributed by atoms with Gasteiger partial charge in [-0.3, -0.25) is 9.78 Å². The maximum absolute atomic E-state index is 12.3. The molecule has 1 aromatic rings. The molecule has 0 atom stereocenters. The standard InChI is InChI=1S/C12H11Cl3N2O3/c1-2-20-11(19)8(10(16)12(13,14)15)9(18)7-3-5-17-6-4-7/h3-6H,2,16H2,1H3/b10-8-. The van der Waals surface area contributed by atoms with E-state index in [4.69, 9.17) is 45.3 Å². The summed E-state index contributed by atoms with van der Waals surface area (Å²) in [5, 5.41) is 0. The number of carbonyl (C=O) groups excluding carboxylic acids is 2. The molecule has 1 rings (SSSR count). The summed E-state index contributed by atoms with van der Waals surface area (Å²) in [6.07, 6.45) is 2.78. The van der Waals surface area contributed by atoms with Crippen LogP contribution in [-0.2, 0) is 9.53 Å². The summed E-state index contributed by atoms with van der Waals surface area (Å²) < 4.78 is 2.68. The summed E-state index contributed by atoms with van der Waals surface area (Å²) in [5.41, 5.74) is 4.81. The Balaban J connectivity index is 3.33. The third-order valence-corrected chi connectivity index (χ3v) is 2.83. The molecule has 8 heteroatoms. The molecule has 20 heavy (non-hydrogen) atoms. The molecule has 0 aromatic carbocycles. The molecule has 0 fully saturated rings. The number of Topliss-reactive ketones (excluding diaryl/α,β-unsaturated/α-hetero) is 1. The fraction of sp³-hybridized carbons (Fsp3) is 0.250. The first-order valence-electron chi connectivity index (χ1n) is 5.47. The van der Waals surface area contributed by atoms with Gasteiger partial charge in [-0.2, -0.15) is 0 Å². The summed E-state index contributed by atoms with van der Waals surface area (Å²) in [6, 6.07) is 2.82. The van der Waals surface area contributed by atoms with Crippen molar-refractivity contribution in [3.63, 3.8) is 0 Å². The molecule has 0 aliphatic heterocycles. The van der Waals surface area contributed by atoms with E-state index in [1.54, 1.807) is 6.92 Å². The number of ether oxygens (including phenoxy) is 1. The van der Waals surface area contributed by atoms with Crippen LogP contribution in [0.2, 0.25) is 0 Å². The Morgan fingerprint density at radius 3 is 2.30 bits per heavy atom. The molecule has 0 unspecified atom stereocenters. The number of nitrogens with zero attached hydrogens (tertiary/aromatic N) is 1. The fourth-order valence-corrected chi connectivity index (χ4v) is 1.60. The second-order valence-electron chi connectivity index (χ2n) is 3.57. The number of pyridine rings is 1. The van der Waals surface area contributed by atoms with Gasteiger partial charge in [0.05, 0.1) is 12.3 Å². The highest BCUT2D eigenvalue weighted by molar-refractivity contribution is 6.69. The molecule has 1 aromatic heterocycles. The van der Waals surface area contributed by atoms with Crippen molar-refractivity contribution in [3.05, 3.63) is 41.4 Å². The van der Waals surface area contributed by atoms with Crippen molar-refractivity contribution in [1.29, 1.82) is 0 Å². The van der Waals surface area contributed by atoms with Gasteiger partial charge < -0.3 is 10.5 Å². The topological polar surface area (TPSA) is 82.3 Å². The first kappa shape index (κ1) is 16.8. The van der Waals surface area contributed by atoms with E-state index in [9.17, 15) is 9.59 Å². The van der Waals surface area contributed by atoms with Gasteiger partial charge in [-0.1, -0.05) is 34.8 Å². The number of allylic oxidation sites excluding steroid dienone is 1. The molecule has 0 saturated heterocycles. The predicted molar refractivity (Wildman–Crippen MR) is 76.7 cm³/mol. The van der Waals surface area contributed by atoms with Crippen molar-refractivity contribution in [2.45, 2.75) is 10.7 Å². The number of esters is 1. The summed E-state index contributed by atoms with van der Waals surface area (Å²) in [7, 11) is 0. The van der Waals surface area contributed by atoms with Gasteiger partial charge in [-0.25, -0.2) is 4.79 Å². The van der Waals surface area contributed by atoms with Gasteiger partial charge in [0, 0.05) is 18.0 Å². The molecule has 0 bridgehead atoms. The molecule has 0 amide bonds. The third-order valence-electron chi connectivity index (χ3n) is 2.22. The van der Waals surface area contributed by atoms with Gasteiger partial charge in [0.25, 0.3) is 0 Å². The van der Waals surface area contributed by atoms with E-state index >= 15 is 0 Å².